The molecule has 2 fully saturated rings. The highest BCUT2D eigenvalue weighted by Crippen LogP contribution is 2.56. The Hall–Kier alpha value is -3.02. The smallest absolute Gasteiger partial charge is 0.407 e. The Morgan fingerprint density at radius 2 is 1.95 bits per heavy atom. The van der Waals surface area contributed by atoms with Gasteiger partial charge in [0, 0.05) is 70.2 Å². The molecule has 3 aromatic carbocycles. The van der Waals surface area contributed by atoms with E-state index < -0.39 is 23.1 Å². The van der Waals surface area contributed by atoms with Crippen LogP contribution in [0.15, 0.2) is 82.3 Å². The number of likely N-dealkylation sites (tertiary alicyclic amines) is 2. The maximum atomic E-state index is 14.2. The van der Waals surface area contributed by atoms with Gasteiger partial charge in [0.25, 0.3) is 0 Å². The van der Waals surface area contributed by atoms with Crippen LogP contribution in [-0.2, 0) is 16.1 Å². The van der Waals surface area contributed by atoms with Crippen molar-refractivity contribution < 1.29 is 19.4 Å². The van der Waals surface area contributed by atoms with Gasteiger partial charge in [0.15, 0.2) is 0 Å². The van der Waals surface area contributed by atoms with Gasteiger partial charge in [0.1, 0.15) is 12.3 Å². The molecule has 3 heterocycles. The molecule has 11 heteroatoms. The van der Waals surface area contributed by atoms with Crippen LogP contribution in [0.4, 0.5) is 4.79 Å². The van der Waals surface area contributed by atoms with Gasteiger partial charge in [-0.15, -0.1) is 11.8 Å². The van der Waals surface area contributed by atoms with Crippen LogP contribution in [0.1, 0.15) is 35.6 Å². The monoisotopic (exact) mass is 696 g/mol. The van der Waals surface area contributed by atoms with Gasteiger partial charge in [-0.05, 0) is 55.3 Å². The minimum atomic E-state index is -1.03. The molecule has 2 aliphatic heterocycles. The lowest BCUT2D eigenvalue weighted by atomic mass is 9.89. The van der Waals surface area contributed by atoms with Crippen LogP contribution < -0.4 is 5.32 Å². The van der Waals surface area contributed by atoms with Crippen LogP contribution >= 0.6 is 39.3 Å². The van der Waals surface area contributed by atoms with Crippen molar-refractivity contribution in [1.29, 1.82) is 0 Å². The Kier molecular flexibility index (Phi) is 8.99. The van der Waals surface area contributed by atoms with E-state index in [0.29, 0.717) is 31.1 Å². The molecule has 0 spiro atoms. The van der Waals surface area contributed by atoms with E-state index in [1.807, 2.05) is 89.7 Å². The van der Waals surface area contributed by atoms with Crippen molar-refractivity contribution in [3.8, 4) is 0 Å². The topological polar surface area (TPSA) is 97.9 Å². The van der Waals surface area contributed by atoms with E-state index in [-0.39, 0.29) is 18.4 Å². The molecule has 8 nitrogen and oxygen atoms in total. The van der Waals surface area contributed by atoms with Crippen molar-refractivity contribution in [2.45, 2.75) is 54.3 Å². The number of aliphatic hydroxyl groups excluding tert-OH is 1. The third kappa shape index (κ3) is 6.10. The van der Waals surface area contributed by atoms with Crippen LogP contribution in [0.3, 0.4) is 0 Å². The van der Waals surface area contributed by atoms with Gasteiger partial charge in [0.2, 0.25) is 5.91 Å². The standard InChI is InChI=1S/C33H34BrClN4O4S/c1-20-3-10-25(11-4-20)44-33(31(41)38-14-13-24(19-38)43-32(42)36-2)16-29(40)39(18-21-5-7-22(34)8-6-21)30(33)27-17-37-28-15-23(35)9-12-26(27)28/h3-12,15,17,24,30-31,37,41H,13-14,16,18-19H2,1-2H3,(H,36,42)/t24-,30+,31?,33+/m1/s1. The van der Waals surface area contributed by atoms with Crippen LogP contribution in [-0.4, -0.2) is 69.1 Å². The molecule has 2 amide bonds. The first-order chi connectivity index (χ1) is 21.2. The molecule has 1 unspecified atom stereocenters. The molecule has 2 aliphatic rings. The van der Waals surface area contributed by atoms with Crippen molar-refractivity contribution in [2.75, 3.05) is 20.1 Å². The van der Waals surface area contributed by atoms with Gasteiger partial charge in [-0.2, -0.15) is 0 Å². The molecular weight excluding hydrogens is 664 g/mol. The van der Waals surface area contributed by atoms with Crippen molar-refractivity contribution in [3.05, 3.63) is 99.1 Å². The normalized spacial score (nSPS) is 22.9. The van der Waals surface area contributed by atoms with Crippen molar-refractivity contribution in [2.24, 2.45) is 0 Å². The van der Waals surface area contributed by atoms with E-state index >= 15 is 0 Å². The Morgan fingerprint density at radius 3 is 2.68 bits per heavy atom. The highest BCUT2D eigenvalue weighted by Gasteiger charge is 2.59. The molecule has 1 aromatic heterocycles. The molecule has 0 radical (unpaired) electrons. The molecule has 4 atom stereocenters. The van der Waals surface area contributed by atoms with Crippen molar-refractivity contribution in [1.82, 2.24) is 20.1 Å². The van der Waals surface area contributed by atoms with Crippen LogP contribution in [0.25, 0.3) is 10.9 Å². The second-order valence-corrected chi connectivity index (χ2v) is 14.3. The SMILES string of the molecule is CNC(=O)O[C@@H]1CCN(C(O)[C@]2(Sc3ccc(C)cc3)CC(=O)N(Cc3ccc(Br)cc3)[C@H]2c2c[nH]c3cc(Cl)ccc23)C1. The average molecular weight is 698 g/mol. The number of aliphatic hydroxyl groups is 1. The fourth-order valence-electron chi connectivity index (χ4n) is 6.38. The molecule has 0 aliphatic carbocycles. The summed E-state index contributed by atoms with van der Waals surface area (Å²) in [6.45, 7) is 3.30. The summed E-state index contributed by atoms with van der Waals surface area (Å²) >= 11 is 11.4. The Balaban J connectivity index is 1.48. The van der Waals surface area contributed by atoms with Gasteiger partial charge in [-0.25, -0.2) is 4.79 Å². The number of halogens is 2. The molecule has 2 saturated heterocycles. The summed E-state index contributed by atoms with van der Waals surface area (Å²) in [5.74, 6) is -0.0442. The molecule has 3 N–H and O–H groups in total. The third-order valence-electron chi connectivity index (χ3n) is 8.52. The lowest BCUT2D eigenvalue weighted by Gasteiger charge is -2.43. The zero-order valence-electron chi connectivity index (χ0n) is 24.4. The predicted molar refractivity (Wildman–Crippen MR) is 177 cm³/mol. The highest BCUT2D eigenvalue weighted by atomic mass is 79.9. The number of benzene rings is 3. The molecule has 4 aromatic rings. The summed E-state index contributed by atoms with van der Waals surface area (Å²) in [7, 11) is 1.53. The lowest BCUT2D eigenvalue weighted by molar-refractivity contribution is -0.129. The van der Waals surface area contributed by atoms with Gasteiger partial charge in [-0.3, -0.25) is 9.69 Å². The minimum Gasteiger partial charge on any atom is -0.445 e. The number of aromatic amines is 1. The van der Waals surface area contributed by atoms with Gasteiger partial charge in [0.05, 0.1) is 10.8 Å². The zero-order chi connectivity index (χ0) is 31.0. The zero-order valence-corrected chi connectivity index (χ0v) is 27.6. The number of thioether (sulfide) groups is 1. The molecule has 0 bridgehead atoms. The fraction of sp³-hybridized carbons (Fsp3) is 0.333. The first-order valence-electron chi connectivity index (χ1n) is 14.5. The Morgan fingerprint density at radius 1 is 1.20 bits per heavy atom. The van der Waals surface area contributed by atoms with Gasteiger partial charge in [-0.1, -0.05) is 63.4 Å². The number of carbonyl (C=O) groups excluding carboxylic acids is 2. The lowest BCUT2D eigenvalue weighted by Crippen LogP contribution is -2.53. The van der Waals surface area contributed by atoms with E-state index in [9.17, 15) is 14.7 Å². The Bertz CT molecular complexity index is 1670. The van der Waals surface area contributed by atoms with Crippen LogP contribution in [0.2, 0.25) is 5.02 Å². The fourth-order valence-corrected chi connectivity index (χ4v) is 8.34. The van der Waals surface area contributed by atoms with Gasteiger partial charge >= 0.3 is 6.09 Å². The van der Waals surface area contributed by atoms with Crippen molar-refractivity contribution >= 4 is 62.2 Å². The number of ether oxygens (including phenoxy) is 1. The average Bonchev–Trinajstić information content (AvgIpc) is 3.71. The molecule has 6 rings (SSSR count). The summed E-state index contributed by atoms with van der Waals surface area (Å²) in [5.41, 5.74) is 3.89. The molecular formula is C33H34BrClN4O4S. The number of hydrogen-bond donors (Lipinski definition) is 3. The first kappa shape index (κ1) is 31.0. The maximum absolute atomic E-state index is 14.2. The van der Waals surface area contributed by atoms with E-state index in [1.165, 1.54) is 18.8 Å². The van der Waals surface area contributed by atoms with E-state index in [4.69, 9.17) is 16.3 Å². The number of hydrogen-bond acceptors (Lipinski definition) is 6. The summed E-state index contributed by atoms with van der Waals surface area (Å²) in [6.07, 6.45) is 0.747. The number of alkyl carbamates (subject to hydrolysis) is 1. The third-order valence-corrected chi connectivity index (χ3v) is 10.8. The number of rotatable bonds is 8. The second-order valence-electron chi connectivity index (χ2n) is 11.5. The number of carbonyl (C=O) groups is 2. The summed E-state index contributed by atoms with van der Waals surface area (Å²) < 4.78 is 5.52. The number of aryl methyl sites for hydroxylation is 1. The predicted octanol–water partition coefficient (Wildman–Crippen LogP) is 6.65. The minimum absolute atomic E-state index is 0.0442. The molecule has 0 saturated carbocycles. The number of H-pyrrole nitrogens is 1. The maximum Gasteiger partial charge on any atom is 0.407 e. The Labute approximate surface area is 274 Å². The summed E-state index contributed by atoms with van der Waals surface area (Å²) in [4.78, 5) is 34.4. The number of aromatic nitrogens is 1. The quantitative estimate of drug-likeness (QED) is 0.191. The van der Waals surface area contributed by atoms with E-state index in [0.717, 1.165) is 37.0 Å². The van der Waals surface area contributed by atoms with E-state index in [2.05, 4.69) is 26.2 Å². The second kappa shape index (κ2) is 12.8. The van der Waals surface area contributed by atoms with Crippen LogP contribution in [0.5, 0.6) is 0 Å². The summed E-state index contributed by atoms with van der Waals surface area (Å²) in [6, 6.07) is 21.3. The van der Waals surface area contributed by atoms with Gasteiger partial charge < -0.3 is 25.0 Å². The van der Waals surface area contributed by atoms with E-state index in [1.54, 1.807) is 0 Å². The molecule has 44 heavy (non-hydrogen) atoms. The first-order valence-corrected chi connectivity index (χ1v) is 16.5. The highest BCUT2D eigenvalue weighted by molar-refractivity contribution is 9.10. The number of nitrogens with zero attached hydrogens (tertiary/aromatic N) is 2. The largest absolute Gasteiger partial charge is 0.445 e. The number of nitrogens with one attached hydrogen (secondary N) is 2. The number of amides is 2. The number of fused-ring (bicyclic) bond motifs is 1. The van der Waals surface area contributed by atoms with Crippen molar-refractivity contribution in [3.63, 3.8) is 0 Å². The molecule has 230 valence electrons. The van der Waals surface area contributed by atoms with Crippen LogP contribution in [0, 0.1) is 6.92 Å². The summed E-state index contributed by atoms with van der Waals surface area (Å²) in [5, 5.41) is 16.5.